The minimum atomic E-state index is 0.242. The number of rotatable bonds is 4. The Hall–Kier alpha value is -3.38. The highest BCUT2D eigenvalue weighted by Crippen LogP contribution is 2.42. The second kappa shape index (κ2) is 6.65. The summed E-state index contributed by atoms with van der Waals surface area (Å²) in [6.07, 6.45) is 8.91. The Morgan fingerprint density at radius 2 is 1.04 bits per heavy atom. The standard InChI is InChI=1S/C28H22/c1-19(25-16-14-21-8-3-5-12-27(21)25)23-10-7-11-24(18-23)20(2)26-17-15-22-9-4-6-13-28(22)26/h3-18,25-26H,1-2H2. The van der Waals surface area contributed by atoms with Crippen molar-refractivity contribution in [1.29, 1.82) is 0 Å². The molecule has 28 heavy (non-hydrogen) atoms. The number of allylic oxidation sites excluding steroid dienone is 4. The molecule has 3 aromatic carbocycles. The van der Waals surface area contributed by atoms with Gasteiger partial charge in [0.15, 0.2) is 0 Å². The lowest BCUT2D eigenvalue weighted by atomic mass is 9.85. The van der Waals surface area contributed by atoms with Crippen molar-refractivity contribution in [3.05, 3.63) is 131 Å². The van der Waals surface area contributed by atoms with Gasteiger partial charge in [0.1, 0.15) is 0 Å². The first-order valence-corrected chi connectivity index (χ1v) is 9.75. The molecular formula is C28H22. The van der Waals surface area contributed by atoms with Crippen molar-refractivity contribution in [2.24, 2.45) is 0 Å². The fourth-order valence-corrected chi connectivity index (χ4v) is 4.38. The average Bonchev–Trinajstić information content (AvgIpc) is 3.37. The van der Waals surface area contributed by atoms with E-state index in [9.17, 15) is 0 Å². The van der Waals surface area contributed by atoms with Crippen molar-refractivity contribution < 1.29 is 0 Å². The molecule has 0 radical (unpaired) electrons. The first kappa shape index (κ1) is 16.8. The van der Waals surface area contributed by atoms with E-state index in [0.717, 1.165) is 11.1 Å². The zero-order chi connectivity index (χ0) is 19.1. The molecule has 5 rings (SSSR count). The second-order valence-electron chi connectivity index (χ2n) is 7.56. The quantitative estimate of drug-likeness (QED) is 0.458. The number of hydrogen-bond donors (Lipinski definition) is 0. The van der Waals surface area contributed by atoms with Gasteiger partial charge in [-0.2, -0.15) is 0 Å². The van der Waals surface area contributed by atoms with Crippen LogP contribution in [0.2, 0.25) is 0 Å². The van der Waals surface area contributed by atoms with Crippen molar-refractivity contribution in [3.63, 3.8) is 0 Å². The van der Waals surface area contributed by atoms with Crippen LogP contribution in [0.5, 0.6) is 0 Å². The maximum atomic E-state index is 4.44. The Morgan fingerprint density at radius 3 is 1.54 bits per heavy atom. The molecular weight excluding hydrogens is 336 g/mol. The highest BCUT2D eigenvalue weighted by Gasteiger charge is 2.23. The van der Waals surface area contributed by atoms with Crippen LogP contribution < -0.4 is 0 Å². The van der Waals surface area contributed by atoms with E-state index in [1.807, 2.05) is 0 Å². The Morgan fingerprint density at radius 1 is 0.571 bits per heavy atom. The summed E-state index contributed by atoms with van der Waals surface area (Å²) >= 11 is 0. The zero-order valence-electron chi connectivity index (χ0n) is 15.8. The largest absolute Gasteiger partial charge is 0.0943 e. The van der Waals surface area contributed by atoms with Crippen molar-refractivity contribution in [3.8, 4) is 0 Å². The van der Waals surface area contributed by atoms with Crippen LogP contribution in [0.15, 0.2) is 98.1 Å². The molecule has 0 saturated carbocycles. The van der Waals surface area contributed by atoms with Gasteiger partial charge in [-0.3, -0.25) is 0 Å². The molecule has 134 valence electrons. The highest BCUT2D eigenvalue weighted by atomic mass is 14.3. The third-order valence-corrected chi connectivity index (χ3v) is 5.95. The lowest BCUT2D eigenvalue weighted by Gasteiger charge is -2.18. The first-order chi connectivity index (χ1) is 13.7. The average molecular weight is 358 g/mol. The smallest absolute Gasteiger partial charge is 0.0278 e. The fraction of sp³-hybridized carbons (Fsp3) is 0.0714. The molecule has 2 aliphatic rings. The van der Waals surface area contributed by atoms with E-state index >= 15 is 0 Å². The molecule has 0 nitrogen and oxygen atoms in total. The Labute approximate surface area is 166 Å². The Bertz CT molecular complexity index is 1070. The van der Waals surface area contributed by atoms with Gasteiger partial charge in [0.2, 0.25) is 0 Å². The van der Waals surface area contributed by atoms with Gasteiger partial charge < -0.3 is 0 Å². The maximum absolute atomic E-state index is 4.44. The van der Waals surface area contributed by atoms with Gasteiger partial charge in [-0.05, 0) is 50.6 Å². The van der Waals surface area contributed by atoms with Crippen LogP contribution in [0, 0.1) is 0 Å². The van der Waals surface area contributed by atoms with Crippen molar-refractivity contribution in [1.82, 2.24) is 0 Å². The molecule has 0 spiro atoms. The van der Waals surface area contributed by atoms with E-state index in [0.29, 0.717) is 0 Å². The predicted octanol–water partition coefficient (Wildman–Crippen LogP) is 7.33. The normalized spacial score (nSPS) is 18.7. The number of fused-ring (bicyclic) bond motifs is 2. The lowest BCUT2D eigenvalue weighted by Crippen LogP contribution is -1.99. The molecule has 2 unspecified atom stereocenters. The van der Waals surface area contributed by atoms with Gasteiger partial charge in [0.05, 0.1) is 0 Å². The van der Waals surface area contributed by atoms with E-state index in [2.05, 4.69) is 110 Å². The summed E-state index contributed by atoms with van der Waals surface area (Å²) in [4.78, 5) is 0. The van der Waals surface area contributed by atoms with Crippen LogP contribution in [-0.4, -0.2) is 0 Å². The van der Waals surface area contributed by atoms with Gasteiger partial charge >= 0.3 is 0 Å². The van der Waals surface area contributed by atoms with Gasteiger partial charge in [0, 0.05) is 11.8 Å². The summed E-state index contributed by atoms with van der Waals surface area (Å²) in [5.74, 6) is 0.485. The van der Waals surface area contributed by atoms with Crippen LogP contribution in [0.1, 0.15) is 45.2 Å². The monoisotopic (exact) mass is 358 g/mol. The molecule has 0 amide bonds. The van der Waals surface area contributed by atoms with Gasteiger partial charge in [-0.1, -0.05) is 104 Å². The summed E-state index contributed by atoms with van der Waals surface area (Å²) in [7, 11) is 0. The molecule has 0 aliphatic heterocycles. The van der Waals surface area contributed by atoms with Crippen LogP contribution >= 0.6 is 0 Å². The lowest BCUT2D eigenvalue weighted by molar-refractivity contribution is 1.12. The van der Waals surface area contributed by atoms with Gasteiger partial charge in [-0.15, -0.1) is 0 Å². The van der Waals surface area contributed by atoms with E-state index in [1.54, 1.807) is 0 Å². The van der Waals surface area contributed by atoms with Crippen LogP contribution in [0.3, 0.4) is 0 Å². The third kappa shape index (κ3) is 2.70. The molecule has 0 bridgehead atoms. The molecule has 3 aromatic rings. The minimum absolute atomic E-state index is 0.242. The molecule has 2 atom stereocenters. The molecule has 0 N–H and O–H groups in total. The Balaban J connectivity index is 1.45. The maximum Gasteiger partial charge on any atom is 0.0278 e. The van der Waals surface area contributed by atoms with E-state index in [4.69, 9.17) is 0 Å². The second-order valence-corrected chi connectivity index (χ2v) is 7.56. The summed E-state index contributed by atoms with van der Waals surface area (Å²) < 4.78 is 0. The molecule has 0 aromatic heterocycles. The fourth-order valence-electron chi connectivity index (χ4n) is 4.38. The Kier molecular flexibility index (Phi) is 3.98. The molecule has 0 heteroatoms. The predicted molar refractivity (Wildman–Crippen MR) is 121 cm³/mol. The van der Waals surface area contributed by atoms with Crippen LogP contribution in [0.25, 0.3) is 23.3 Å². The minimum Gasteiger partial charge on any atom is -0.0943 e. The summed E-state index contributed by atoms with van der Waals surface area (Å²) in [5, 5.41) is 0. The third-order valence-electron chi connectivity index (χ3n) is 5.95. The molecule has 0 fully saturated rings. The summed E-state index contributed by atoms with van der Waals surface area (Å²) in [5.41, 5.74) is 9.90. The first-order valence-electron chi connectivity index (χ1n) is 9.75. The molecule has 0 saturated heterocycles. The molecule has 2 aliphatic carbocycles. The van der Waals surface area contributed by atoms with Crippen LogP contribution in [0.4, 0.5) is 0 Å². The van der Waals surface area contributed by atoms with Gasteiger partial charge in [-0.25, -0.2) is 0 Å². The summed E-state index contributed by atoms with van der Waals surface area (Å²) in [6.45, 7) is 8.89. The van der Waals surface area contributed by atoms with Gasteiger partial charge in [0.25, 0.3) is 0 Å². The molecule has 0 heterocycles. The van der Waals surface area contributed by atoms with E-state index in [1.165, 1.54) is 33.4 Å². The van der Waals surface area contributed by atoms with Crippen molar-refractivity contribution in [2.75, 3.05) is 0 Å². The number of hydrogen-bond acceptors (Lipinski definition) is 0. The highest BCUT2D eigenvalue weighted by molar-refractivity contribution is 5.83. The van der Waals surface area contributed by atoms with Crippen LogP contribution in [-0.2, 0) is 0 Å². The SMILES string of the molecule is C=C(c1cccc(C(=C)C2C=Cc3ccccc32)c1)C1C=Cc2ccccc21. The van der Waals surface area contributed by atoms with E-state index < -0.39 is 0 Å². The zero-order valence-corrected chi connectivity index (χ0v) is 15.8. The van der Waals surface area contributed by atoms with E-state index in [-0.39, 0.29) is 11.8 Å². The van der Waals surface area contributed by atoms with Crippen molar-refractivity contribution >= 4 is 23.3 Å². The number of benzene rings is 3. The topological polar surface area (TPSA) is 0 Å². The summed E-state index contributed by atoms with van der Waals surface area (Å²) in [6, 6.07) is 25.8. The van der Waals surface area contributed by atoms with Crippen molar-refractivity contribution in [2.45, 2.75) is 11.8 Å².